The molecular weight excluding hydrogens is 504 g/mol. The number of aliphatic hydroxyl groups is 3. The zero-order valence-electron chi connectivity index (χ0n) is 24.5. The Morgan fingerprint density at radius 2 is 1.53 bits per heavy atom. The maximum absolute atomic E-state index is 13.3. The fourth-order valence-corrected chi connectivity index (χ4v) is 9.04. The van der Waals surface area contributed by atoms with Crippen molar-refractivity contribution in [2.45, 2.75) is 129 Å². The van der Waals surface area contributed by atoms with E-state index in [9.17, 15) is 20.1 Å². The summed E-state index contributed by atoms with van der Waals surface area (Å²) in [6.45, 7) is 12.3. The van der Waals surface area contributed by atoms with Crippen LogP contribution in [0.15, 0.2) is 0 Å². The van der Waals surface area contributed by atoms with E-state index in [1.54, 1.807) is 0 Å². The monoisotopic (exact) mass is 558 g/mol. The van der Waals surface area contributed by atoms with Crippen LogP contribution in [0.1, 0.15) is 98.8 Å². The van der Waals surface area contributed by atoms with Gasteiger partial charge >= 0.3 is 0 Å². The van der Waals surface area contributed by atoms with Crippen LogP contribution in [-0.2, 0) is 9.53 Å². The number of ether oxygens (including phenoxy) is 1. The Morgan fingerprint density at radius 3 is 2.05 bits per heavy atom. The van der Waals surface area contributed by atoms with Crippen molar-refractivity contribution < 1.29 is 24.9 Å². The summed E-state index contributed by atoms with van der Waals surface area (Å²) in [7, 11) is 0. The summed E-state index contributed by atoms with van der Waals surface area (Å²) >= 11 is 0. The second-order valence-electron chi connectivity index (χ2n) is 15.1. The second kappa shape index (κ2) is 12.6. The molecule has 1 aliphatic heterocycles. The maximum Gasteiger partial charge on any atom is 0.240 e. The van der Waals surface area contributed by atoms with Gasteiger partial charge in [-0.05, 0) is 113 Å². The third-order valence-corrected chi connectivity index (χ3v) is 9.52. The van der Waals surface area contributed by atoms with Gasteiger partial charge in [0, 0.05) is 12.1 Å². The first kappa shape index (κ1) is 32.1. The van der Waals surface area contributed by atoms with Gasteiger partial charge in [-0.1, -0.05) is 20.8 Å². The van der Waals surface area contributed by atoms with Gasteiger partial charge in [-0.15, -0.1) is 12.4 Å². The van der Waals surface area contributed by atoms with Crippen LogP contribution in [0, 0.1) is 28.6 Å². The molecule has 222 valence electrons. The molecular formula is C30H55ClN2O5. The van der Waals surface area contributed by atoms with Crippen LogP contribution in [0.25, 0.3) is 0 Å². The first-order chi connectivity index (χ1) is 17.3. The molecule has 0 spiro atoms. The van der Waals surface area contributed by atoms with E-state index in [1.165, 1.54) is 38.5 Å². The van der Waals surface area contributed by atoms with Gasteiger partial charge < -0.3 is 25.4 Å². The van der Waals surface area contributed by atoms with Crippen LogP contribution < -0.4 is 5.32 Å². The highest BCUT2D eigenvalue weighted by atomic mass is 35.5. The molecule has 38 heavy (non-hydrogen) atoms. The molecule has 0 aromatic rings. The highest BCUT2D eigenvalue weighted by molar-refractivity contribution is 5.85. The summed E-state index contributed by atoms with van der Waals surface area (Å²) in [5.74, 6) is 2.56. The predicted octanol–water partition coefficient (Wildman–Crippen LogP) is 3.91. The number of nitrogens with zero attached hydrogens (tertiary/aromatic N) is 1. The molecule has 8 heteroatoms. The van der Waals surface area contributed by atoms with Gasteiger partial charge in [0.1, 0.15) is 12.1 Å². The van der Waals surface area contributed by atoms with E-state index >= 15 is 0 Å². The SMILES string of the molecule is CC(C)(C)CC(C)(C)NC(=O)[C@@H]1[C@@H](O)[C@@H](O)[C@@H](CO)N1CCCCCOCC12CC3CC(CC(C3)C1)C2.Cl. The lowest BCUT2D eigenvalue weighted by Gasteiger charge is -2.56. The topological polar surface area (TPSA) is 102 Å². The number of hydrogen-bond donors (Lipinski definition) is 4. The minimum Gasteiger partial charge on any atom is -0.395 e. The first-order valence-corrected chi connectivity index (χ1v) is 14.9. The molecule has 0 aromatic carbocycles. The fraction of sp³-hybridized carbons (Fsp3) is 0.967. The standard InChI is InChI=1S/C30H54N2O5.ClH/c1-28(2,3)18-29(4,5)31-27(36)24-26(35)25(34)23(17-33)32(24)9-7-6-8-10-37-19-30-14-20-11-21(15-30)13-22(12-20)16-30;/h20-26,33-35H,6-19H2,1-5H3,(H,31,36);1H/t20?,21?,22?,23-,24+,25+,26-,30?;/m1./s1. The number of aliphatic hydroxyl groups excluding tert-OH is 3. The second-order valence-corrected chi connectivity index (χ2v) is 15.1. The Bertz CT molecular complexity index is 750. The largest absolute Gasteiger partial charge is 0.395 e. The van der Waals surface area contributed by atoms with Gasteiger partial charge in [-0.2, -0.15) is 0 Å². The Kier molecular flexibility index (Phi) is 10.6. The Balaban J connectivity index is 0.00000400. The van der Waals surface area contributed by atoms with Crippen LogP contribution in [0.5, 0.6) is 0 Å². The van der Waals surface area contributed by atoms with Crippen LogP contribution in [0.3, 0.4) is 0 Å². The average molecular weight is 559 g/mol. The van der Waals surface area contributed by atoms with Gasteiger partial charge in [0.2, 0.25) is 5.91 Å². The Labute approximate surface area is 236 Å². The van der Waals surface area contributed by atoms with Gasteiger partial charge in [0.05, 0.1) is 25.4 Å². The normalized spacial score (nSPS) is 36.9. The number of nitrogens with one attached hydrogen (secondary N) is 1. The van der Waals surface area contributed by atoms with E-state index in [1.807, 2.05) is 18.7 Å². The molecule has 0 aromatic heterocycles. The molecule has 5 fully saturated rings. The fourth-order valence-electron chi connectivity index (χ4n) is 9.04. The van der Waals surface area contributed by atoms with E-state index in [-0.39, 0.29) is 30.3 Å². The van der Waals surface area contributed by atoms with Gasteiger partial charge in [0.15, 0.2) is 0 Å². The highest BCUT2D eigenvalue weighted by Crippen LogP contribution is 2.60. The lowest BCUT2D eigenvalue weighted by molar-refractivity contribution is -0.131. The summed E-state index contributed by atoms with van der Waals surface area (Å²) in [6.07, 6.45) is 9.65. The van der Waals surface area contributed by atoms with Crippen molar-refractivity contribution in [1.82, 2.24) is 10.2 Å². The maximum atomic E-state index is 13.3. The number of rotatable bonds is 12. The minimum atomic E-state index is -1.22. The third kappa shape index (κ3) is 7.64. The van der Waals surface area contributed by atoms with E-state index < -0.39 is 29.8 Å². The molecule has 7 nitrogen and oxygen atoms in total. The molecule has 1 saturated heterocycles. The summed E-state index contributed by atoms with van der Waals surface area (Å²) < 4.78 is 6.22. The average Bonchev–Trinajstić information content (AvgIpc) is 2.99. The van der Waals surface area contributed by atoms with Gasteiger partial charge in [0.25, 0.3) is 0 Å². The molecule has 0 radical (unpaired) electrons. The molecule has 4 bridgehead atoms. The number of halogens is 1. The van der Waals surface area contributed by atoms with Crippen molar-refractivity contribution in [2.24, 2.45) is 28.6 Å². The zero-order valence-corrected chi connectivity index (χ0v) is 25.3. The number of carbonyl (C=O) groups excluding carboxylic acids is 1. The molecule has 1 heterocycles. The van der Waals surface area contributed by atoms with Crippen LogP contribution in [0.2, 0.25) is 0 Å². The van der Waals surface area contributed by atoms with Crippen molar-refractivity contribution in [3.05, 3.63) is 0 Å². The minimum absolute atomic E-state index is 0. The van der Waals surface area contributed by atoms with Crippen molar-refractivity contribution in [2.75, 3.05) is 26.4 Å². The molecule has 1 amide bonds. The molecule has 0 unspecified atom stereocenters. The van der Waals surface area contributed by atoms with Crippen molar-refractivity contribution >= 4 is 18.3 Å². The van der Waals surface area contributed by atoms with Crippen LogP contribution in [0.4, 0.5) is 0 Å². The summed E-state index contributed by atoms with van der Waals surface area (Å²) in [4.78, 5) is 15.1. The lowest BCUT2D eigenvalue weighted by Crippen LogP contribution is -2.56. The molecule has 4 N–H and O–H groups in total. The summed E-state index contributed by atoms with van der Waals surface area (Å²) in [5, 5.41) is 34.3. The molecule has 5 aliphatic rings. The third-order valence-electron chi connectivity index (χ3n) is 9.52. The zero-order chi connectivity index (χ0) is 27.0. The number of amides is 1. The predicted molar refractivity (Wildman–Crippen MR) is 152 cm³/mol. The summed E-state index contributed by atoms with van der Waals surface area (Å²) in [5.41, 5.74) is 0.0406. The van der Waals surface area contributed by atoms with Crippen molar-refractivity contribution in [3.63, 3.8) is 0 Å². The quantitative estimate of drug-likeness (QED) is 0.271. The number of unbranched alkanes of at least 4 members (excludes halogenated alkanes) is 2. The van der Waals surface area contributed by atoms with Crippen LogP contribution in [-0.4, -0.2) is 82.3 Å². The molecule has 4 saturated carbocycles. The molecule has 4 atom stereocenters. The first-order valence-electron chi connectivity index (χ1n) is 14.9. The number of hydrogen-bond acceptors (Lipinski definition) is 6. The lowest BCUT2D eigenvalue weighted by atomic mass is 9.50. The Morgan fingerprint density at radius 1 is 0.947 bits per heavy atom. The number of likely N-dealkylation sites (tertiary alicyclic amines) is 1. The number of carbonyl (C=O) groups is 1. The van der Waals surface area contributed by atoms with Gasteiger partial charge in [-0.25, -0.2) is 0 Å². The highest BCUT2D eigenvalue weighted by Gasteiger charge is 2.52. The van der Waals surface area contributed by atoms with Crippen molar-refractivity contribution in [1.29, 1.82) is 0 Å². The van der Waals surface area contributed by atoms with E-state index in [0.717, 1.165) is 56.7 Å². The van der Waals surface area contributed by atoms with E-state index in [2.05, 4.69) is 26.1 Å². The summed E-state index contributed by atoms with van der Waals surface area (Å²) in [6, 6.07) is -1.50. The van der Waals surface area contributed by atoms with Crippen molar-refractivity contribution in [3.8, 4) is 0 Å². The molecule has 4 aliphatic carbocycles. The Hall–Kier alpha value is -0.440. The smallest absolute Gasteiger partial charge is 0.240 e. The van der Waals surface area contributed by atoms with E-state index in [4.69, 9.17) is 4.74 Å². The van der Waals surface area contributed by atoms with E-state index in [0.29, 0.717) is 12.0 Å². The molecule has 5 rings (SSSR count). The van der Waals surface area contributed by atoms with Crippen LogP contribution >= 0.6 is 12.4 Å². The van der Waals surface area contributed by atoms with Gasteiger partial charge in [-0.3, -0.25) is 9.69 Å².